The van der Waals surface area contributed by atoms with Gasteiger partial charge in [0, 0.05) is 11.3 Å². The van der Waals surface area contributed by atoms with E-state index < -0.39 is 12.1 Å². The number of amides is 1. The maximum atomic E-state index is 12.5. The molecule has 0 aliphatic carbocycles. The van der Waals surface area contributed by atoms with Crippen molar-refractivity contribution < 1.29 is 23.9 Å². The minimum absolute atomic E-state index is 0.239. The number of Topliss-reactive ketones (excluding diaryl/α,β-unsaturated/α-hetero) is 1. The fourth-order valence-electron chi connectivity index (χ4n) is 2.60. The fraction of sp³-hybridized carbons (Fsp3) is 0.136. The highest BCUT2D eigenvalue weighted by atomic mass is 32.1. The van der Waals surface area contributed by atoms with Crippen molar-refractivity contribution in [3.8, 4) is 5.75 Å². The van der Waals surface area contributed by atoms with E-state index in [1.54, 1.807) is 54.6 Å². The third kappa shape index (κ3) is 5.08. The lowest BCUT2D eigenvalue weighted by Crippen LogP contribution is -2.24. The van der Waals surface area contributed by atoms with Crippen molar-refractivity contribution in [1.29, 1.82) is 0 Å². The van der Waals surface area contributed by atoms with Gasteiger partial charge in [0.1, 0.15) is 5.75 Å². The zero-order valence-corrected chi connectivity index (χ0v) is 16.7. The molecule has 0 bridgehead atoms. The molecule has 6 nitrogen and oxygen atoms in total. The number of ether oxygens (including phenoxy) is 2. The van der Waals surface area contributed by atoms with Crippen molar-refractivity contribution in [3.63, 3.8) is 0 Å². The van der Waals surface area contributed by atoms with Gasteiger partial charge in [-0.15, -0.1) is 11.3 Å². The molecule has 0 saturated carbocycles. The number of hydrogen-bond donors (Lipinski definition) is 1. The van der Waals surface area contributed by atoms with Crippen molar-refractivity contribution in [2.45, 2.75) is 13.0 Å². The Labute approximate surface area is 172 Å². The number of nitrogens with one attached hydrogen (secondary N) is 1. The lowest BCUT2D eigenvalue weighted by atomic mass is 10.1. The number of esters is 1. The van der Waals surface area contributed by atoms with Crippen LogP contribution in [0, 0.1) is 0 Å². The summed E-state index contributed by atoms with van der Waals surface area (Å²) in [6.07, 6.45) is -0.958. The van der Waals surface area contributed by atoms with Crippen LogP contribution in [-0.2, 0) is 4.74 Å². The second-order valence-electron chi connectivity index (χ2n) is 6.15. The van der Waals surface area contributed by atoms with Crippen LogP contribution in [-0.4, -0.2) is 30.9 Å². The number of thiophene rings is 1. The molecule has 0 radical (unpaired) electrons. The highest BCUT2D eigenvalue weighted by Gasteiger charge is 2.21. The molecule has 3 rings (SSSR count). The SMILES string of the molecule is COc1ccc(C(=O)[C@H](C)OC(=O)c2cccc(NC(=O)c3cccs3)c2)cc1. The van der Waals surface area contributed by atoms with Crippen LogP contribution in [0.3, 0.4) is 0 Å². The zero-order valence-electron chi connectivity index (χ0n) is 15.9. The first-order chi connectivity index (χ1) is 14.0. The number of rotatable bonds is 7. The van der Waals surface area contributed by atoms with Crippen molar-refractivity contribution in [2.24, 2.45) is 0 Å². The molecule has 7 heteroatoms. The van der Waals surface area contributed by atoms with Gasteiger partial charge < -0.3 is 14.8 Å². The molecular formula is C22H19NO5S. The second kappa shape index (κ2) is 9.16. The molecule has 2 aromatic carbocycles. The summed E-state index contributed by atoms with van der Waals surface area (Å²) < 4.78 is 10.4. The van der Waals surface area contributed by atoms with E-state index in [2.05, 4.69) is 5.32 Å². The third-order valence-electron chi connectivity index (χ3n) is 4.13. The largest absolute Gasteiger partial charge is 0.497 e. The van der Waals surface area contributed by atoms with E-state index in [1.807, 2.05) is 5.38 Å². The van der Waals surface area contributed by atoms with E-state index in [-0.39, 0.29) is 17.3 Å². The Balaban J connectivity index is 1.65. The predicted octanol–water partition coefficient (Wildman–Crippen LogP) is 4.44. The molecule has 0 fully saturated rings. The van der Waals surface area contributed by atoms with Gasteiger partial charge in [0.05, 0.1) is 17.6 Å². The van der Waals surface area contributed by atoms with Gasteiger partial charge in [-0.25, -0.2) is 4.79 Å². The zero-order chi connectivity index (χ0) is 20.8. The van der Waals surface area contributed by atoms with Crippen molar-refractivity contribution in [1.82, 2.24) is 0 Å². The number of carbonyl (C=O) groups is 3. The first-order valence-corrected chi connectivity index (χ1v) is 9.70. The topological polar surface area (TPSA) is 81.7 Å². The minimum Gasteiger partial charge on any atom is -0.497 e. The Morgan fingerprint density at radius 3 is 2.38 bits per heavy atom. The monoisotopic (exact) mass is 409 g/mol. The molecule has 29 heavy (non-hydrogen) atoms. The predicted molar refractivity (Wildman–Crippen MR) is 111 cm³/mol. The number of methoxy groups -OCH3 is 1. The average Bonchev–Trinajstić information content (AvgIpc) is 3.28. The second-order valence-corrected chi connectivity index (χ2v) is 7.10. The molecule has 1 heterocycles. The molecule has 1 aromatic heterocycles. The number of hydrogen-bond acceptors (Lipinski definition) is 6. The minimum atomic E-state index is -0.958. The average molecular weight is 409 g/mol. The van der Waals surface area contributed by atoms with Crippen molar-refractivity contribution >= 4 is 34.7 Å². The summed E-state index contributed by atoms with van der Waals surface area (Å²) in [5.74, 6) is -0.587. The highest BCUT2D eigenvalue weighted by molar-refractivity contribution is 7.12. The van der Waals surface area contributed by atoms with Gasteiger partial charge in [-0.3, -0.25) is 9.59 Å². The molecule has 1 atom stereocenters. The fourth-order valence-corrected chi connectivity index (χ4v) is 3.22. The van der Waals surface area contributed by atoms with E-state index in [4.69, 9.17) is 9.47 Å². The first-order valence-electron chi connectivity index (χ1n) is 8.82. The van der Waals surface area contributed by atoms with Gasteiger partial charge in [-0.2, -0.15) is 0 Å². The Hall–Kier alpha value is -3.45. The third-order valence-corrected chi connectivity index (χ3v) is 5.00. The summed E-state index contributed by atoms with van der Waals surface area (Å²) in [5, 5.41) is 4.55. The van der Waals surface area contributed by atoms with E-state index in [9.17, 15) is 14.4 Å². The van der Waals surface area contributed by atoms with Crippen molar-refractivity contribution in [3.05, 3.63) is 82.0 Å². The van der Waals surface area contributed by atoms with Gasteiger partial charge in [0.15, 0.2) is 6.10 Å². The van der Waals surface area contributed by atoms with Gasteiger partial charge in [-0.05, 0) is 60.8 Å². The summed E-state index contributed by atoms with van der Waals surface area (Å²) in [4.78, 5) is 37.7. The molecule has 0 saturated heterocycles. The summed E-state index contributed by atoms with van der Waals surface area (Å²) >= 11 is 1.32. The quantitative estimate of drug-likeness (QED) is 0.461. The molecule has 3 aromatic rings. The maximum absolute atomic E-state index is 12.5. The summed E-state index contributed by atoms with van der Waals surface area (Å²) in [7, 11) is 1.54. The number of benzene rings is 2. The van der Waals surface area contributed by atoms with E-state index >= 15 is 0 Å². The summed E-state index contributed by atoms with van der Waals surface area (Å²) in [5.41, 5.74) is 1.12. The van der Waals surface area contributed by atoms with Crippen LogP contribution < -0.4 is 10.1 Å². The molecule has 1 amide bonds. The summed E-state index contributed by atoms with van der Waals surface area (Å²) in [6, 6.07) is 16.5. The number of carbonyl (C=O) groups excluding carboxylic acids is 3. The Bertz CT molecular complexity index is 1010. The van der Waals surface area contributed by atoms with Crippen LogP contribution in [0.4, 0.5) is 5.69 Å². The van der Waals surface area contributed by atoms with Gasteiger partial charge >= 0.3 is 5.97 Å². The normalized spacial score (nSPS) is 11.4. The highest BCUT2D eigenvalue weighted by Crippen LogP contribution is 2.17. The standard InChI is InChI=1S/C22H19NO5S/c1-14(20(24)15-8-10-18(27-2)11-9-15)28-22(26)16-5-3-6-17(13-16)23-21(25)19-7-4-12-29-19/h3-14H,1-2H3,(H,23,25)/t14-/m0/s1. The van der Waals surface area contributed by atoms with Crippen LogP contribution in [0.2, 0.25) is 0 Å². The molecule has 0 aliphatic heterocycles. The molecule has 148 valence electrons. The molecule has 1 N–H and O–H groups in total. The summed E-state index contributed by atoms with van der Waals surface area (Å²) in [6.45, 7) is 1.52. The van der Waals surface area contributed by atoms with Gasteiger partial charge in [-0.1, -0.05) is 12.1 Å². The van der Waals surface area contributed by atoms with E-state index in [0.717, 1.165) is 0 Å². The van der Waals surface area contributed by atoms with Gasteiger partial charge in [0.25, 0.3) is 5.91 Å². The lowest BCUT2D eigenvalue weighted by Gasteiger charge is -2.13. The Morgan fingerprint density at radius 1 is 0.966 bits per heavy atom. The Morgan fingerprint density at radius 2 is 1.72 bits per heavy atom. The van der Waals surface area contributed by atoms with Crippen LogP contribution in [0.25, 0.3) is 0 Å². The molecular weight excluding hydrogens is 390 g/mol. The van der Waals surface area contributed by atoms with E-state index in [1.165, 1.54) is 31.4 Å². The number of anilines is 1. The van der Waals surface area contributed by atoms with Gasteiger partial charge in [0.2, 0.25) is 5.78 Å². The lowest BCUT2D eigenvalue weighted by molar-refractivity contribution is 0.0319. The molecule has 0 spiro atoms. The molecule has 0 unspecified atom stereocenters. The van der Waals surface area contributed by atoms with Crippen molar-refractivity contribution in [2.75, 3.05) is 12.4 Å². The first kappa shape index (κ1) is 20.3. The number of ketones is 1. The van der Waals surface area contributed by atoms with Crippen LogP contribution in [0.1, 0.15) is 37.3 Å². The van der Waals surface area contributed by atoms with E-state index in [0.29, 0.717) is 21.9 Å². The molecule has 0 aliphatic rings. The van der Waals surface area contributed by atoms with Crippen LogP contribution >= 0.6 is 11.3 Å². The smallest absolute Gasteiger partial charge is 0.338 e. The Kier molecular flexibility index (Phi) is 6.41. The van der Waals surface area contributed by atoms with Crippen LogP contribution in [0.15, 0.2) is 66.0 Å². The maximum Gasteiger partial charge on any atom is 0.338 e. The van der Waals surface area contributed by atoms with Crippen LogP contribution in [0.5, 0.6) is 5.75 Å².